The van der Waals surface area contributed by atoms with Crippen molar-refractivity contribution >= 4 is 23.2 Å². The van der Waals surface area contributed by atoms with Crippen LogP contribution in [0.25, 0.3) is 0 Å². The molecule has 2 aromatic carbocycles. The smallest absolute Gasteiger partial charge is 0.244 e. The Hall–Kier alpha value is -2.04. The van der Waals surface area contributed by atoms with Crippen molar-refractivity contribution in [1.29, 1.82) is 0 Å². The third-order valence-corrected chi connectivity index (χ3v) is 3.32. The Kier molecular flexibility index (Phi) is 5.20. The fraction of sp³-hybridized carbons (Fsp3) is 0.188. The molecular weight excluding hydrogens is 288 g/mol. The maximum absolute atomic E-state index is 11.8. The van der Waals surface area contributed by atoms with Gasteiger partial charge in [0.2, 0.25) is 5.91 Å². The van der Waals surface area contributed by atoms with E-state index in [4.69, 9.17) is 22.1 Å². The summed E-state index contributed by atoms with van der Waals surface area (Å²) in [7, 11) is 1.61. The minimum absolute atomic E-state index is 0.414. The molecular formula is C16H17ClN2O2. The fourth-order valence-electron chi connectivity index (χ4n) is 2.15. The van der Waals surface area contributed by atoms with Gasteiger partial charge in [-0.1, -0.05) is 41.9 Å². The standard InChI is InChI=1S/C16H17ClN2O2/c1-21-10-11-5-2-3-8-14(11)15(16(18)20)19-13-7-4-6-12(17)9-13/h2-9,15,19H,10H2,1H3,(H2,18,20). The van der Waals surface area contributed by atoms with Crippen molar-refractivity contribution in [2.45, 2.75) is 12.6 Å². The van der Waals surface area contributed by atoms with E-state index in [1.54, 1.807) is 19.2 Å². The van der Waals surface area contributed by atoms with Crippen LogP contribution in [0.5, 0.6) is 0 Å². The number of nitrogens with two attached hydrogens (primary N) is 1. The number of primary amides is 1. The van der Waals surface area contributed by atoms with E-state index >= 15 is 0 Å². The lowest BCUT2D eigenvalue weighted by molar-refractivity contribution is -0.118. The summed E-state index contributed by atoms with van der Waals surface area (Å²) in [5.41, 5.74) is 7.99. The molecule has 2 aromatic rings. The molecule has 0 saturated heterocycles. The molecule has 0 fully saturated rings. The molecule has 0 aliphatic rings. The van der Waals surface area contributed by atoms with Crippen LogP contribution in [0.4, 0.5) is 5.69 Å². The van der Waals surface area contributed by atoms with Crippen molar-refractivity contribution in [1.82, 2.24) is 0 Å². The molecule has 21 heavy (non-hydrogen) atoms. The van der Waals surface area contributed by atoms with Crippen molar-refractivity contribution in [2.24, 2.45) is 5.73 Å². The van der Waals surface area contributed by atoms with Gasteiger partial charge in [-0.2, -0.15) is 0 Å². The number of carbonyl (C=O) groups excluding carboxylic acids is 1. The number of methoxy groups -OCH3 is 1. The van der Waals surface area contributed by atoms with Crippen molar-refractivity contribution < 1.29 is 9.53 Å². The van der Waals surface area contributed by atoms with Gasteiger partial charge in [-0.3, -0.25) is 4.79 Å². The van der Waals surface area contributed by atoms with E-state index in [0.717, 1.165) is 16.8 Å². The molecule has 1 atom stereocenters. The average Bonchev–Trinajstić information content (AvgIpc) is 2.46. The van der Waals surface area contributed by atoms with E-state index in [2.05, 4.69) is 5.32 Å². The number of nitrogens with one attached hydrogen (secondary N) is 1. The second-order valence-electron chi connectivity index (χ2n) is 4.62. The number of carbonyl (C=O) groups is 1. The summed E-state index contributed by atoms with van der Waals surface area (Å²) in [4.78, 5) is 11.8. The number of hydrogen-bond donors (Lipinski definition) is 2. The minimum Gasteiger partial charge on any atom is -0.380 e. The van der Waals surface area contributed by atoms with E-state index in [0.29, 0.717) is 11.6 Å². The zero-order valence-corrected chi connectivity index (χ0v) is 12.4. The normalized spacial score (nSPS) is 11.9. The number of rotatable bonds is 6. The molecule has 0 radical (unpaired) electrons. The molecule has 0 saturated carbocycles. The first-order valence-electron chi connectivity index (χ1n) is 6.50. The number of anilines is 1. The zero-order valence-electron chi connectivity index (χ0n) is 11.7. The Morgan fingerprint density at radius 1 is 1.29 bits per heavy atom. The third-order valence-electron chi connectivity index (χ3n) is 3.09. The summed E-state index contributed by atoms with van der Waals surface area (Å²) in [5.74, 6) is -0.460. The second-order valence-corrected chi connectivity index (χ2v) is 5.06. The van der Waals surface area contributed by atoms with E-state index in [9.17, 15) is 4.79 Å². The fourth-order valence-corrected chi connectivity index (χ4v) is 2.34. The summed E-state index contributed by atoms with van der Waals surface area (Å²) >= 11 is 5.96. The van der Waals surface area contributed by atoms with Crippen LogP contribution in [0.15, 0.2) is 48.5 Å². The van der Waals surface area contributed by atoms with Crippen LogP contribution in [0.3, 0.4) is 0 Å². The molecule has 5 heteroatoms. The lowest BCUT2D eigenvalue weighted by Crippen LogP contribution is -2.28. The zero-order chi connectivity index (χ0) is 15.2. The minimum atomic E-state index is -0.644. The first-order valence-corrected chi connectivity index (χ1v) is 6.87. The SMILES string of the molecule is COCc1ccccc1C(Nc1cccc(Cl)c1)C(N)=O. The lowest BCUT2D eigenvalue weighted by Gasteiger charge is -2.20. The molecule has 1 amide bonds. The van der Waals surface area contributed by atoms with Crippen LogP contribution >= 0.6 is 11.6 Å². The van der Waals surface area contributed by atoms with E-state index in [-0.39, 0.29) is 0 Å². The Balaban J connectivity index is 2.33. The van der Waals surface area contributed by atoms with Gasteiger partial charge in [0.05, 0.1) is 6.61 Å². The van der Waals surface area contributed by atoms with Gasteiger partial charge in [-0.05, 0) is 29.3 Å². The summed E-state index contributed by atoms with van der Waals surface area (Å²) < 4.78 is 5.17. The highest BCUT2D eigenvalue weighted by atomic mass is 35.5. The van der Waals surface area contributed by atoms with Crippen LogP contribution in [0, 0.1) is 0 Å². The highest BCUT2D eigenvalue weighted by Crippen LogP contribution is 2.24. The maximum atomic E-state index is 11.8. The second kappa shape index (κ2) is 7.11. The number of amides is 1. The lowest BCUT2D eigenvalue weighted by atomic mass is 10.00. The highest BCUT2D eigenvalue weighted by molar-refractivity contribution is 6.30. The molecule has 4 nitrogen and oxygen atoms in total. The van der Waals surface area contributed by atoms with Crippen LogP contribution in [0.1, 0.15) is 17.2 Å². The predicted octanol–water partition coefficient (Wildman–Crippen LogP) is 3.12. The van der Waals surface area contributed by atoms with Gasteiger partial charge in [0.15, 0.2) is 0 Å². The van der Waals surface area contributed by atoms with Crippen molar-refractivity contribution in [3.8, 4) is 0 Å². The van der Waals surface area contributed by atoms with Crippen LogP contribution < -0.4 is 11.1 Å². The number of halogens is 1. The molecule has 110 valence electrons. The number of ether oxygens (including phenoxy) is 1. The Bertz CT molecular complexity index is 631. The Labute approximate surface area is 128 Å². The van der Waals surface area contributed by atoms with Crippen LogP contribution in [-0.2, 0) is 16.1 Å². The van der Waals surface area contributed by atoms with Gasteiger partial charge in [0.25, 0.3) is 0 Å². The number of hydrogen-bond acceptors (Lipinski definition) is 3. The highest BCUT2D eigenvalue weighted by Gasteiger charge is 2.20. The van der Waals surface area contributed by atoms with Gasteiger partial charge in [-0.15, -0.1) is 0 Å². The quantitative estimate of drug-likeness (QED) is 0.862. The monoisotopic (exact) mass is 304 g/mol. The largest absolute Gasteiger partial charge is 0.380 e. The van der Waals surface area contributed by atoms with Crippen molar-refractivity contribution in [3.05, 3.63) is 64.7 Å². The third kappa shape index (κ3) is 3.97. The van der Waals surface area contributed by atoms with Gasteiger partial charge in [0.1, 0.15) is 6.04 Å². The predicted molar refractivity (Wildman–Crippen MR) is 84.2 cm³/mol. The van der Waals surface area contributed by atoms with Gasteiger partial charge >= 0.3 is 0 Å². The molecule has 0 spiro atoms. The first-order chi connectivity index (χ1) is 10.1. The Morgan fingerprint density at radius 2 is 2.05 bits per heavy atom. The van der Waals surface area contributed by atoms with E-state index in [1.165, 1.54) is 0 Å². The maximum Gasteiger partial charge on any atom is 0.244 e. The van der Waals surface area contributed by atoms with Crippen molar-refractivity contribution in [3.63, 3.8) is 0 Å². The average molecular weight is 305 g/mol. The summed E-state index contributed by atoms with van der Waals surface area (Å²) in [6, 6.07) is 14.1. The van der Waals surface area contributed by atoms with Gasteiger partial charge < -0.3 is 15.8 Å². The Morgan fingerprint density at radius 3 is 2.71 bits per heavy atom. The van der Waals surface area contributed by atoms with E-state index in [1.807, 2.05) is 36.4 Å². The van der Waals surface area contributed by atoms with Crippen LogP contribution in [0.2, 0.25) is 5.02 Å². The molecule has 0 heterocycles. The summed E-state index contributed by atoms with van der Waals surface area (Å²) in [6.07, 6.45) is 0. The summed E-state index contributed by atoms with van der Waals surface area (Å²) in [5, 5.41) is 3.71. The van der Waals surface area contributed by atoms with E-state index < -0.39 is 11.9 Å². The molecule has 0 aliphatic carbocycles. The first kappa shape index (κ1) is 15.4. The number of benzene rings is 2. The molecule has 0 bridgehead atoms. The topological polar surface area (TPSA) is 64.3 Å². The molecule has 2 rings (SSSR count). The molecule has 3 N–H and O–H groups in total. The molecule has 1 unspecified atom stereocenters. The van der Waals surface area contributed by atoms with Crippen molar-refractivity contribution in [2.75, 3.05) is 12.4 Å². The summed E-state index contributed by atoms with van der Waals surface area (Å²) in [6.45, 7) is 0.414. The molecule has 0 aromatic heterocycles. The van der Waals surface area contributed by atoms with Crippen LogP contribution in [-0.4, -0.2) is 13.0 Å². The molecule has 0 aliphatic heterocycles. The van der Waals surface area contributed by atoms with Gasteiger partial charge in [-0.25, -0.2) is 0 Å². The van der Waals surface area contributed by atoms with Gasteiger partial charge in [0, 0.05) is 17.8 Å².